The van der Waals surface area contributed by atoms with Gasteiger partial charge < -0.3 is 10.1 Å². The number of ether oxygens (including phenoxy) is 1. The van der Waals surface area contributed by atoms with Crippen LogP contribution in [0, 0.1) is 0 Å². The van der Waals surface area contributed by atoms with Gasteiger partial charge in [-0.05, 0) is 25.8 Å². The first-order valence-corrected chi connectivity index (χ1v) is 6.50. The number of hydrogen-bond acceptors (Lipinski definition) is 3. The Balaban J connectivity index is 1.81. The lowest BCUT2D eigenvalue weighted by Gasteiger charge is -2.41. The van der Waals surface area contributed by atoms with Gasteiger partial charge in [0.25, 0.3) is 0 Å². The molecular weight excluding hydrogens is 207 g/mol. The van der Waals surface area contributed by atoms with Gasteiger partial charge in [0, 0.05) is 38.4 Å². The van der Waals surface area contributed by atoms with Crippen molar-refractivity contribution in [1.82, 2.24) is 10.2 Å². The molecule has 4 heteroatoms. The molecule has 2 atom stereocenters. The Hall–Kier alpha value is -0.190. The summed E-state index contributed by atoms with van der Waals surface area (Å²) in [5.74, 6) is 0. The molecule has 2 saturated heterocycles. The minimum atomic E-state index is -0.712. The van der Waals surface area contributed by atoms with Crippen molar-refractivity contribution < 1.29 is 9.13 Å². The van der Waals surface area contributed by atoms with Gasteiger partial charge in [0.15, 0.2) is 0 Å². The van der Waals surface area contributed by atoms with Crippen molar-refractivity contribution in [2.45, 2.75) is 44.4 Å². The number of rotatable bonds is 3. The fraction of sp³-hybridized carbons (Fsp3) is 1.00. The van der Waals surface area contributed by atoms with Crippen molar-refractivity contribution in [3.8, 4) is 0 Å². The smallest absolute Gasteiger partial charge is 0.128 e. The summed E-state index contributed by atoms with van der Waals surface area (Å²) in [4.78, 5) is 2.32. The molecule has 0 spiro atoms. The molecule has 2 fully saturated rings. The van der Waals surface area contributed by atoms with Crippen molar-refractivity contribution in [3.05, 3.63) is 0 Å². The second-order valence-corrected chi connectivity index (χ2v) is 4.81. The Kier molecular flexibility index (Phi) is 4.55. The van der Waals surface area contributed by atoms with Gasteiger partial charge in [-0.3, -0.25) is 4.90 Å². The molecule has 0 aliphatic carbocycles. The molecule has 0 unspecified atom stereocenters. The second kappa shape index (κ2) is 5.94. The van der Waals surface area contributed by atoms with Gasteiger partial charge in [0.05, 0.1) is 0 Å². The third-order valence-electron chi connectivity index (χ3n) is 3.75. The third-order valence-corrected chi connectivity index (χ3v) is 3.75. The number of nitrogens with one attached hydrogen (secondary N) is 1. The summed E-state index contributed by atoms with van der Waals surface area (Å²) in [7, 11) is 0. The first-order chi connectivity index (χ1) is 7.81. The van der Waals surface area contributed by atoms with Crippen molar-refractivity contribution in [1.29, 1.82) is 0 Å². The van der Waals surface area contributed by atoms with E-state index in [4.69, 9.17) is 4.74 Å². The number of nitrogens with zero attached hydrogens (tertiary/aromatic N) is 1. The first kappa shape index (κ1) is 12.3. The molecule has 0 aromatic heterocycles. The standard InChI is InChI=1S/C12H23FN2O/c1-2-14-12-3-6-15(9-11(12)13)10-4-7-16-8-5-10/h10-12,14H,2-9H2,1H3/t11-,12+/m0/s1. The van der Waals surface area contributed by atoms with Gasteiger partial charge >= 0.3 is 0 Å². The van der Waals surface area contributed by atoms with Gasteiger partial charge in [-0.2, -0.15) is 0 Å². The molecule has 0 aromatic carbocycles. The van der Waals surface area contributed by atoms with E-state index in [0.29, 0.717) is 12.6 Å². The molecule has 2 heterocycles. The van der Waals surface area contributed by atoms with Gasteiger partial charge in [0.1, 0.15) is 6.17 Å². The summed E-state index contributed by atoms with van der Waals surface area (Å²) in [5.41, 5.74) is 0. The Morgan fingerprint density at radius 3 is 2.69 bits per heavy atom. The zero-order valence-corrected chi connectivity index (χ0v) is 10.1. The minimum absolute atomic E-state index is 0.0705. The van der Waals surface area contributed by atoms with E-state index in [1.54, 1.807) is 0 Å². The molecule has 16 heavy (non-hydrogen) atoms. The predicted molar refractivity (Wildman–Crippen MR) is 62.4 cm³/mol. The quantitative estimate of drug-likeness (QED) is 0.788. The second-order valence-electron chi connectivity index (χ2n) is 4.81. The third kappa shape index (κ3) is 2.93. The van der Waals surface area contributed by atoms with E-state index in [1.165, 1.54) is 0 Å². The molecule has 0 bridgehead atoms. The highest BCUT2D eigenvalue weighted by Crippen LogP contribution is 2.21. The van der Waals surface area contributed by atoms with Crippen LogP contribution >= 0.6 is 0 Å². The SMILES string of the molecule is CCN[C@@H]1CCN(C2CCOCC2)C[C@@H]1F. The van der Waals surface area contributed by atoms with Crippen molar-refractivity contribution in [2.75, 3.05) is 32.8 Å². The number of alkyl halides is 1. The van der Waals surface area contributed by atoms with E-state index < -0.39 is 6.17 Å². The number of likely N-dealkylation sites (tertiary alicyclic amines) is 1. The maximum absolute atomic E-state index is 13.9. The molecular formula is C12H23FN2O. The average molecular weight is 230 g/mol. The van der Waals surface area contributed by atoms with Crippen LogP contribution in [0.4, 0.5) is 4.39 Å². The van der Waals surface area contributed by atoms with Crippen LogP contribution in [0.5, 0.6) is 0 Å². The topological polar surface area (TPSA) is 24.5 Å². The Bertz CT molecular complexity index is 209. The summed E-state index contributed by atoms with van der Waals surface area (Å²) in [6.07, 6.45) is 2.36. The lowest BCUT2D eigenvalue weighted by Crippen LogP contribution is -2.54. The Morgan fingerprint density at radius 2 is 2.06 bits per heavy atom. The molecule has 2 aliphatic heterocycles. The molecule has 0 saturated carbocycles. The molecule has 0 radical (unpaired) electrons. The van der Waals surface area contributed by atoms with Crippen LogP contribution in [0.2, 0.25) is 0 Å². The molecule has 2 rings (SSSR count). The number of piperidine rings is 1. The fourth-order valence-corrected chi connectivity index (χ4v) is 2.80. The van der Waals surface area contributed by atoms with E-state index >= 15 is 0 Å². The highest BCUT2D eigenvalue weighted by molar-refractivity contribution is 4.88. The molecule has 94 valence electrons. The molecule has 2 aliphatic rings. The summed E-state index contributed by atoms with van der Waals surface area (Å²) in [5, 5.41) is 3.23. The largest absolute Gasteiger partial charge is 0.381 e. The summed E-state index contributed by atoms with van der Waals surface area (Å²) in [6, 6.07) is 0.621. The highest BCUT2D eigenvalue weighted by Gasteiger charge is 2.32. The molecule has 3 nitrogen and oxygen atoms in total. The van der Waals surface area contributed by atoms with Crippen LogP contribution in [-0.2, 0) is 4.74 Å². The average Bonchev–Trinajstić information content (AvgIpc) is 2.33. The van der Waals surface area contributed by atoms with Crippen LogP contribution in [0.25, 0.3) is 0 Å². The van der Waals surface area contributed by atoms with Crippen LogP contribution in [0.15, 0.2) is 0 Å². The first-order valence-electron chi connectivity index (χ1n) is 6.50. The monoisotopic (exact) mass is 230 g/mol. The lowest BCUT2D eigenvalue weighted by molar-refractivity contribution is 0.00506. The Morgan fingerprint density at radius 1 is 1.31 bits per heavy atom. The van der Waals surface area contributed by atoms with E-state index in [9.17, 15) is 4.39 Å². The van der Waals surface area contributed by atoms with Crippen molar-refractivity contribution >= 4 is 0 Å². The maximum atomic E-state index is 13.9. The van der Waals surface area contributed by atoms with E-state index in [1.807, 2.05) is 6.92 Å². The fourth-order valence-electron chi connectivity index (χ4n) is 2.80. The molecule has 1 N–H and O–H groups in total. The highest BCUT2D eigenvalue weighted by atomic mass is 19.1. The van der Waals surface area contributed by atoms with Crippen LogP contribution in [-0.4, -0.2) is 56.0 Å². The van der Waals surface area contributed by atoms with Gasteiger partial charge in [-0.1, -0.05) is 6.92 Å². The van der Waals surface area contributed by atoms with Gasteiger partial charge in [-0.25, -0.2) is 4.39 Å². The van der Waals surface area contributed by atoms with Crippen LogP contribution < -0.4 is 5.32 Å². The van der Waals surface area contributed by atoms with E-state index in [-0.39, 0.29) is 6.04 Å². The zero-order chi connectivity index (χ0) is 11.4. The summed E-state index contributed by atoms with van der Waals surface area (Å²) < 4.78 is 19.2. The van der Waals surface area contributed by atoms with Crippen LogP contribution in [0.1, 0.15) is 26.2 Å². The molecule has 0 aromatic rings. The van der Waals surface area contributed by atoms with Crippen LogP contribution in [0.3, 0.4) is 0 Å². The molecule has 0 amide bonds. The normalized spacial score (nSPS) is 34.1. The maximum Gasteiger partial charge on any atom is 0.128 e. The zero-order valence-electron chi connectivity index (χ0n) is 10.1. The minimum Gasteiger partial charge on any atom is -0.381 e. The Labute approximate surface area is 97.3 Å². The van der Waals surface area contributed by atoms with Crippen molar-refractivity contribution in [2.24, 2.45) is 0 Å². The predicted octanol–water partition coefficient (Wildman–Crippen LogP) is 1.19. The van der Waals surface area contributed by atoms with E-state index in [0.717, 1.165) is 45.6 Å². The lowest BCUT2D eigenvalue weighted by atomic mass is 9.98. The van der Waals surface area contributed by atoms with Crippen molar-refractivity contribution in [3.63, 3.8) is 0 Å². The number of hydrogen-bond donors (Lipinski definition) is 1. The van der Waals surface area contributed by atoms with E-state index in [2.05, 4.69) is 10.2 Å². The summed E-state index contributed by atoms with van der Waals surface area (Å²) in [6.45, 7) is 6.22. The summed E-state index contributed by atoms with van der Waals surface area (Å²) >= 11 is 0. The number of halogens is 1. The van der Waals surface area contributed by atoms with Gasteiger partial charge in [-0.15, -0.1) is 0 Å². The van der Waals surface area contributed by atoms with Gasteiger partial charge in [0.2, 0.25) is 0 Å².